The van der Waals surface area contributed by atoms with E-state index in [1.165, 1.54) is 25.7 Å². The minimum Gasteiger partial charge on any atom is -0.354 e. The maximum Gasteiger partial charge on any atom is 0.217 e. The topological polar surface area (TPSA) is 29.1 Å². The zero-order valence-electron chi connectivity index (χ0n) is 8.55. The predicted octanol–water partition coefficient (Wildman–Crippen LogP) is 1.95. The first-order chi connectivity index (χ1) is 6.16. The van der Waals surface area contributed by atoms with Gasteiger partial charge in [-0.3, -0.25) is 4.79 Å². The van der Waals surface area contributed by atoms with Crippen LogP contribution in [0.15, 0.2) is 0 Å². The average Bonchev–Trinajstić information content (AvgIpc) is 2.62. The fraction of sp³-hybridized carbons (Fsp3) is 0.909. The largest absolute Gasteiger partial charge is 0.354 e. The van der Waals surface area contributed by atoms with E-state index in [0.717, 1.165) is 17.8 Å². The quantitative estimate of drug-likeness (QED) is 0.693. The number of hydrogen-bond donors (Lipinski definition) is 1. The van der Waals surface area contributed by atoms with Gasteiger partial charge in [-0.1, -0.05) is 6.42 Å². The second kappa shape index (κ2) is 3.32. The van der Waals surface area contributed by atoms with E-state index in [0.29, 0.717) is 6.04 Å². The van der Waals surface area contributed by atoms with Gasteiger partial charge in [-0.05, 0) is 43.9 Å². The molecule has 4 atom stereocenters. The van der Waals surface area contributed by atoms with Crippen LogP contribution in [0.25, 0.3) is 0 Å². The van der Waals surface area contributed by atoms with Crippen LogP contribution < -0.4 is 5.32 Å². The first kappa shape index (κ1) is 9.04. The summed E-state index contributed by atoms with van der Waals surface area (Å²) < 4.78 is 0. The van der Waals surface area contributed by atoms with Crippen LogP contribution in [0.5, 0.6) is 0 Å². The Balaban J connectivity index is 1.91. The molecule has 74 valence electrons. The van der Waals surface area contributed by atoms with E-state index in [1.54, 1.807) is 6.92 Å². The van der Waals surface area contributed by atoms with Crippen molar-refractivity contribution in [2.75, 3.05) is 0 Å². The summed E-state index contributed by atoms with van der Waals surface area (Å²) in [7, 11) is 0. The molecule has 2 nitrogen and oxygen atoms in total. The van der Waals surface area contributed by atoms with Crippen LogP contribution in [0.3, 0.4) is 0 Å². The molecule has 2 fully saturated rings. The minimum atomic E-state index is 0.121. The normalized spacial score (nSPS) is 39.1. The zero-order valence-corrected chi connectivity index (χ0v) is 8.55. The Morgan fingerprint density at radius 3 is 2.62 bits per heavy atom. The van der Waals surface area contributed by atoms with Crippen molar-refractivity contribution >= 4 is 5.91 Å². The molecule has 2 aliphatic rings. The lowest BCUT2D eigenvalue weighted by atomic mass is 9.84. The molecule has 0 aromatic carbocycles. The molecule has 1 amide bonds. The molecule has 0 radical (unpaired) electrons. The number of carbonyl (C=O) groups is 1. The number of rotatable bonds is 2. The predicted molar refractivity (Wildman–Crippen MR) is 52.2 cm³/mol. The molecule has 0 heterocycles. The van der Waals surface area contributed by atoms with Gasteiger partial charge >= 0.3 is 0 Å². The van der Waals surface area contributed by atoms with Gasteiger partial charge in [0.15, 0.2) is 0 Å². The van der Waals surface area contributed by atoms with E-state index < -0.39 is 0 Å². The van der Waals surface area contributed by atoms with Gasteiger partial charge < -0.3 is 5.32 Å². The Labute approximate surface area is 80.1 Å². The van der Waals surface area contributed by atoms with Crippen LogP contribution in [-0.2, 0) is 4.79 Å². The molecule has 0 aliphatic heterocycles. The summed E-state index contributed by atoms with van der Waals surface area (Å²) in [5.41, 5.74) is 0. The number of hydrogen-bond acceptors (Lipinski definition) is 1. The lowest BCUT2D eigenvalue weighted by Gasteiger charge is -2.28. The number of fused-ring (bicyclic) bond motifs is 2. The summed E-state index contributed by atoms with van der Waals surface area (Å²) in [5, 5.41) is 3.03. The third-order valence-corrected chi connectivity index (χ3v) is 3.87. The van der Waals surface area contributed by atoms with Crippen molar-refractivity contribution in [1.29, 1.82) is 0 Å². The van der Waals surface area contributed by atoms with E-state index in [-0.39, 0.29) is 5.91 Å². The van der Waals surface area contributed by atoms with Gasteiger partial charge in [0.25, 0.3) is 0 Å². The monoisotopic (exact) mass is 181 g/mol. The van der Waals surface area contributed by atoms with Crippen LogP contribution in [0.1, 0.15) is 39.5 Å². The summed E-state index contributed by atoms with van der Waals surface area (Å²) >= 11 is 0. The molecule has 2 rings (SSSR count). The maximum absolute atomic E-state index is 10.9. The molecular formula is C11H19NO. The van der Waals surface area contributed by atoms with Crippen LogP contribution in [0.2, 0.25) is 0 Å². The van der Waals surface area contributed by atoms with Crippen molar-refractivity contribution in [2.45, 2.75) is 45.6 Å². The van der Waals surface area contributed by atoms with Gasteiger partial charge in [0.2, 0.25) is 5.91 Å². The minimum absolute atomic E-state index is 0.121. The Morgan fingerprint density at radius 2 is 2.15 bits per heavy atom. The van der Waals surface area contributed by atoms with E-state index in [4.69, 9.17) is 0 Å². The third-order valence-electron chi connectivity index (χ3n) is 3.87. The first-order valence-electron chi connectivity index (χ1n) is 5.44. The van der Waals surface area contributed by atoms with Gasteiger partial charge in [0.05, 0.1) is 0 Å². The molecular weight excluding hydrogens is 162 g/mol. The standard InChI is InChI=1S/C11H19NO/c1-7(12-8(2)13)11-6-9-3-4-10(11)5-9/h7,9-11H,3-6H2,1-2H3,(H,12,13)/t7-,9-,10-,11-/m0/s1. The molecule has 0 spiro atoms. The SMILES string of the molecule is CC(=O)N[C@@H](C)[C@@H]1C[C@H]2CC[C@H]1C2. The summed E-state index contributed by atoms with van der Waals surface area (Å²) in [6.07, 6.45) is 5.62. The Bertz CT molecular complexity index is 214. The number of nitrogens with one attached hydrogen (secondary N) is 1. The van der Waals surface area contributed by atoms with Crippen molar-refractivity contribution in [1.82, 2.24) is 5.32 Å². The highest BCUT2D eigenvalue weighted by atomic mass is 16.1. The van der Waals surface area contributed by atoms with E-state index in [9.17, 15) is 4.79 Å². The molecule has 2 bridgehead atoms. The molecule has 0 unspecified atom stereocenters. The fourth-order valence-corrected chi connectivity index (χ4v) is 3.33. The van der Waals surface area contributed by atoms with E-state index >= 15 is 0 Å². The molecule has 2 saturated carbocycles. The lowest BCUT2D eigenvalue weighted by molar-refractivity contribution is -0.120. The summed E-state index contributed by atoms with van der Waals surface area (Å²) in [4.78, 5) is 10.9. The molecule has 2 aliphatic carbocycles. The van der Waals surface area contributed by atoms with Crippen molar-refractivity contribution in [3.63, 3.8) is 0 Å². The second-order valence-electron chi connectivity index (χ2n) is 4.83. The summed E-state index contributed by atoms with van der Waals surface area (Å²) in [5.74, 6) is 2.77. The van der Waals surface area contributed by atoms with Crippen molar-refractivity contribution < 1.29 is 4.79 Å². The van der Waals surface area contributed by atoms with Gasteiger partial charge in [-0.2, -0.15) is 0 Å². The maximum atomic E-state index is 10.9. The van der Waals surface area contributed by atoms with Gasteiger partial charge in [0.1, 0.15) is 0 Å². The van der Waals surface area contributed by atoms with Crippen molar-refractivity contribution in [2.24, 2.45) is 17.8 Å². The Morgan fingerprint density at radius 1 is 1.38 bits per heavy atom. The molecule has 0 aromatic rings. The zero-order chi connectivity index (χ0) is 9.42. The fourth-order valence-electron chi connectivity index (χ4n) is 3.33. The third kappa shape index (κ3) is 1.72. The first-order valence-corrected chi connectivity index (χ1v) is 5.44. The average molecular weight is 181 g/mol. The highest BCUT2D eigenvalue weighted by Crippen LogP contribution is 2.49. The highest BCUT2D eigenvalue weighted by Gasteiger charge is 2.41. The molecule has 0 saturated heterocycles. The highest BCUT2D eigenvalue weighted by molar-refractivity contribution is 5.73. The smallest absolute Gasteiger partial charge is 0.217 e. The van der Waals surface area contributed by atoms with Crippen molar-refractivity contribution in [3.05, 3.63) is 0 Å². The molecule has 0 aromatic heterocycles. The van der Waals surface area contributed by atoms with Crippen LogP contribution in [0, 0.1) is 17.8 Å². The van der Waals surface area contributed by atoms with Crippen LogP contribution in [-0.4, -0.2) is 11.9 Å². The van der Waals surface area contributed by atoms with E-state index in [2.05, 4.69) is 12.2 Å². The van der Waals surface area contributed by atoms with Gasteiger partial charge in [-0.25, -0.2) is 0 Å². The Hall–Kier alpha value is -0.530. The molecule has 13 heavy (non-hydrogen) atoms. The molecule has 2 heteroatoms. The molecule has 1 N–H and O–H groups in total. The number of amides is 1. The summed E-state index contributed by atoms with van der Waals surface area (Å²) in [6, 6.07) is 0.396. The van der Waals surface area contributed by atoms with Crippen LogP contribution in [0.4, 0.5) is 0 Å². The van der Waals surface area contributed by atoms with Crippen molar-refractivity contribution in [3.8, 4) is 0 Å². The second-order valence-corrected chi connectivity index (χ2v) is 4.83. The number of carbonyl (C=O) groups excluding carboxylic acids is 1. The van der Waals surface area contributed by atoms with Crippen LogP contribution >= 0.6 is 0 Å². The van der Waals surface area contributed by atoms with Gasteiger partial charge in [0, 0.05) is 13.0 Å². The Kier molecular flexibility index (Phi) is 2.31. The summed E-state index contributed by atoms with van der Waals surface area (Å²) in [6.45, 7) is 3.77. The lowest BCUT2D eigenvalue weighted by Crippen LogP contribution is -2.38. The van der Waals surface area contributed by atoms with Gasteiger partial charge in [-0.15, -0.1) is 0 Å². The van der Waals surface area contributed by atoms with E-state index in [1.807, 2.05) is 0 Å².